The van der Waals surface area contributed by atoms with Gasteiger partial charge in [0.2, 0.25) is 5.95 Å². The van der Waals surface area contributed by atoms with Gasteiger partial charge in [-0.15, -0.1) is 5.10 Å². The van der Waals surface area contributed by atoms with Crippen molar-refractivity contribution in [2.45, 2.75) is 38.5 Å². The van der Waals surface area contributed by atoms with E-state index in [9.17, 15) is 13.9 Å². The van der Waals surface area contributed by atoms with Gasteiger partial charge in [-0.2, -0.15) is 0 Å². The lowest BCUT2D eigenvalue weighted by atomic mass is 10.0. The van der Waals surface area contributed by atoms with E-state index in [4.69, 9.17) is 0 Å². The lowest BCUT2D eigenvalue weighted by Crippen LogP contribution is -2.59. The molecule has 4 rings (SSSR count). The van der Waals surface area contributed by atoms with Crippen LogP contribution in [0.15, 0.2) is 6.20 Å². The highest BCUT2D eigenvalue weighted by atomic mass is 19.3. The molecule has 8 nitrogen and oxygen atoms in total. The summed E-state index contributed by atoms with van der Waals surface area (Å²) in [5.74, 6) is 0.191. The fourth-order valence-corrected chi connectivity index (χ4v) is 3.36. The van der Waals surface area contributed by atoms with Gasteiger partial charge in [0.15, 0.2) is 0 Å². The number of alkyl halides is 2. The van der Waals surface area contributed by atoms with Crippen molar-refractivity contribution >= 4 is 5.95 Å². The number of likely N-dealkylation sites (N-methyl/N-ethyl adjacent to an activating group) is 1. The Balaban J connectivity index is 1.71. The van der Waals surface area contributed by atoms with Gasteiger partial charge in [-0.05, 0) is 20.9 Å². The highest BCUT2D eigenvalue weighted by Gasteiger charge is 2.37. The summed E-state index contributed by atoms with van der Waals surface area (Å²) < 4.78 is 28.8. The Morgan fingerprint density at radius 1 is 1.23 bits per heavy atom. The molecule has 2 aliphatic rings. The first kappa shape index (κ1) is 17.2. The van der Waals surface area contributed by atoms with E-state index in [1.54, 1.807) is 22.7 Å². The maximum atomic E-state index is 13.5. The SMILES string of the molecule is Cc1c(-c2cn(C3CN(C)C3)nn2)nc(N2C[C@@H](O)[C@@H]2C)nc1C(F)F. The number of anilines is 1. The van der Waals surface area contributed by atoms with Gasteiger partial charge in [0.25, 0.3) is 6.43 Å². The Morgan fingerprint density at radius 2 is 1.96 bits per heavy atom. The van der Waals surface area contributed by atoms with Gasteiger partial charge < -0.3 is 14.9 Å². The molecule has 2 aromatic heterocycles. The number of aliphatic hydroxyl groups excluding tert-OH is 1. The van der Waals surface area contributed by atoms with Crippen LogP contribution in [0.1, 0.15) is 30.6 Å². The molecule has 2 saturated heterocycles. The Morgan fingerprint density at radius 3 is 2.54 bits per heavy atom. The summed E-state index contributed by atoms with van der Waals surface area (Å²) in [6.45, 7) is 5.46. The smallest absolute Gasteiger partial charge is 0.280 e. The molecule has 140 valence electrons. The first-order valence-electron chi connectivity index (χ1n) is 8.57. The molecular weight excluding hydrogens is 344 g/mol. The monoisotopic (exact) mass is 365 g/mol. The van der Waals surface area contributed by atoms with Crippen molar-refractivity contribution in [1.29, 1.82) is 0 Å². The zero-order valence-corrected chi connectivity index (χ0v) is 14.8. The largest absolute Gasteiger partial charge is 0.389 e. The van der Waals surface area contributed by atoms with Crippen molar-refractivity contribution in [1.82, 2.24) is 29.9 Å². The normalized spacial score (nSPS) is 24.0. The number of likely N-dealkylation sites (tertiary alicyclic amines) is 1. The van der Waals surface area contributed by atoms with E-state index in [1.807, 2.05) is 14.0 Å². The van der Waals surface area contributed by atoms with Crippen LogP contribution < -0.4 is 4.90 Å². The van der Waals surface area contributed by atoms with Gasteiger partial charge >= 0.3 is 0 Å². The zero-order chi connectivity index (χ0) is 18.6. The van der Waals surface area contributed by atoms with Crippen molar-refractivity contribution in [3.63, 3.8) is 0 Å². The summed E-state index contributed by atoms with van der Waals surface area (Å²) >= 11 is 0. The van der Waals surface area contributed by atoms with Crippen LogP contribution in [-0.4, -0.2) is 73.8 Å². The van der Waals surface area contributed by atoms with E-state index >= 15 is 0 Å². The Hall–Kier alpha value is -2.20. The predicted octanol–water partition coefficient (Wildman–Crippen LogP) is 1.04. The topological polar surface area (TPSA) is 83.2 Å². The molecule has 0 saturated carbocycles. The molecule has 4 heterocycles. The molecule has 0 aromatic carbocycles. The number of hydrogen-bond acceptors (Lipinski definition) is 7. The molecule has 10 heteroatoms. The number of halogens is 2. The standard InChI is InChI=1S/C16H21F2N7O/c1-8-13(11-6-25(22-21-11)10-4-23(3)5-10)19-16(20-14(8)15(17)18)24-7-12(26)9(24)2/h6,9-10,12,15,26H,4-5,7H2,1-3H3/t9-,12+/m0/s1. The summed E-state index contributed by atoms with van der Waals surface area (Å²) in [6, 6.07) is 0.0280. The lowest BCUT2D eigenvalue weighted by molar-refractivity contribution is 0.0974. The van der Waals surface area contributed by atoms with Crippen molar-refractivity contribution in [2.75, 3.05) is 31.6 Å². The molecule has 0 aliphatic carbocycles. The van der Waals surface area contributed by atoms with Crippen molar-refractivity contribution in [3.05, 3.63) is 17.5 Å². The minimum Gasteiger partial charge on any atom is -0.389 e. The Kier molecular flexibility index (Phi) is 4.11. The van der Waals surface area contributed by atoms with Crippen LogP contribution >= 0.6 is 0 Å². The van der Waals surface area contributed by atoms with E-state index in [0.717, 1.165) is 13.1 Å². The number of aliphatic hydroxyl groups is 1. The van der Waals surface area contributed by atoms with Crippen LogP contribution in [0.5, 0.6) is 0 Å². The van der Waals surface area contributed by atoms with Gasteiger partial charge in [-0.3, -0.25) is 0 Å². The van der Waals surface area contributed by atoms with Crippen LogP contribution in [-0.2, 0) is 0 Å². The molecule has 0 unspecified atom stereocenters. The van der Waals surface area contributed by atoms with E-state index in [2.05, 4.69) is 25.2 Å². The highest BCUT2D eigenvalue weighted by molar-refractivity contribution is 5.61. The fourth-order valence-electron chi connectivity index (χ4n) is 3.36. The summed E-state index contributed by atoms with van der Waals surface area (Å²) in [6.07, 6.45) is -1.47. The predicted molar refractivity (Wildman–Crippen MR) is 90.1 cm³/mol. The van der Waals surface area contributed by atoms with E-state index in [1.165, 1.54) is 0 Å². The molecule has 0 amide bonds. The van der Waals surface area contributed by atoms with Crippen molar-refractivity contribution in [3.8, 4) is 11.4 Å². The summed E-state index contributed by atoms with van der Waals surface area (Å²) in [7, 11) is 2.02. The van der Waals surface area contributed by atoms with Gasteiger partial charge in [0.1, 0.15) is 17.1 Å². The van der Waals surface area contributed by atoms with Crippen LogP contribution in [0.25, 0.3) is 11.4 Å². The Labute approximate surface area is 149 Å². The fraction of sp³-hybridized carbons (Fsp3) is 0.625. The average Bonchev–Trinajstić information content (AvgIpc) is 3.06. The van der Waals surface area contributed by atoms with Gasteiger partial charge in [-0.25, -0.2) is 23.4 Å². The number of hydrogen-bond donors (Lipinski definition) is 1. The van der Waals surface area contributed by atoms with Crippen LogP contribution in [0.2, 0.25) is 0 Å². The minimum absolute atomic E-state index is 0.191. The first-order chi connectivity index (χ1) is 12.3. The third-order valence-corrected chi connectivity index (χ3v) is 5.24. The number of nitrogens with zero attached hydrogens (tertiary/aromatic N) is 7. The van der Waals surface area contributed by atoms with Crippen LogP contribution in [0.4, 0.5) is 14.7 Å². The second-order valence-corrected chi connectivity index (χ2v) is 7.10. The van der Waals surface area contributed by atoms with Gasteiger partial charge in [-0.1, -0.05) is 5.21 Å². The highest BCUT2D eigenvalue weighted by Crippen LogP contribution is 2.32. The molecule has 2 aliphatic heterocycles. The first-order valence-corrected chi connectivity index (χ1v) is 8.57. The van der Waals surface area contributed by atoms with E-state index in [0.29, 0.717) is 23.5 Å². The number of β-amino-alcohol motifs (C(OH)–C–C–N with tert-alkyl or cyclic N) is 1. The summed E-state index contributed by atoms with van der Waals surface area (Å²) in [4.78, 5) is 12.4. The van der Waals surface area contributed by atoms with Crippen LogP contribution in [0, 0.1) is 6.92 Å². The quantitative estimate of drug-likeness (QED) is 0.867. The van der Waals surface area contributed by atoms with Crippen LogP contribution in [0.3, 0.4) is 0 Å². The molecule has 2 aromatic rings. The number of aromatic nitrogens is 5. The molecule has 26 heavy (non-hydrogen) atoms. The molecule has 1 N–H and O–H groups in total. The third-order valence-electron chi connectivity index (χ3n) is 5.24. The molecule has 0 bridgehead atoms. The maximum absolute atomic E-state index is 13.5. The summed E-state index contributed by atoms with van der Waals surface area (Å²) in [5, 5.41) is 18.0. The Bertz CT molecular complexity index is 821. The van der Waals surface area contributed by atoms with E-state index in [-0.39, 0.29) is 23.7 Å². The van der Waals surface area contributed by atoms with Gasteiger partial charge in [0.05, 0.1) is 24.4 Å². The van der Waals surface area contributed by atoms with E-state index < -0.39 is 12.5 Å². The van der Waals surface area contributed by atoms with Crippen molar-refractivity contribution < 1.29 is 13.9 Å². The molecule has 0 radical (unpaired) electrons. The average molecular weight is 365 g/mol. The zero-order valence-electron chi connectivity index (χ0n) is 14.8. The lowest BCUT2D eigenvalue weighted by Gasteiger charge is -2.43. The third kappa shape index (κ3) is 2.73. The number of rotatable bonds is 4. The molecule has 2 fully saturated rings. The molecule has 2 atom stereocenters. The minimum atomic E-state index is -2.72. The molecular formula is C16H21F2N7O. The summed E-state index contributed by atoms with van der Waals surface area (Å²) in [5.41, 5.74) is 0.806. The second kappa shape index (κ2) is 6.20. The van der Waals surface area contributed by atoms with Crippen molar-refractivity contribution in [2.24, 2.45) is 0 Å². The molecule has 0 spiro atoms. The second-order valence-electron chi connectivity index (χ2n) is 7.10. The van der Waals surface area contributed by atoms with Gasteiger partial charge in [0, 0.05) is 25.2 Å². The maximum Gasteiger partial charge on any atom is 0.280 e.